The largest absolute Gasteiger partial charge is 0.444 e. The number of rotatable bonds is 1. The first kappa shape index (κ1) is 20.2. The molecule has 2 aromatic rings. The van der Waals surface area contributed by atoms with E-state index in [-0.39, 0.29) is 23.6 Å². The minimum absolute atomic E-state index is 0.0512. The van der Waals surface area contributed by atoms with Crippen LogP contribution in [0.2, 0.25) is 0 Å². The van der Waals surface area contributed by atoms with Gasteiger partial charge in [0.15, 0.2) is 0 Å². The second-order valence-electron chi connectivity index (χ2n) is 9.31. The Labute approximate surface area is 175 Å². The summed E-state index contributed by atoms with van der Waals surface area (Å²) < 4.78 is 7.12. The Morgan fingerprint density at radius 3 is 2.63 bits per heavy atom. The molecule has 1 amide bonds. The number of pyridine rings is 2. The van der Waals surface area contributed by atoms with Crippen LogP contribution in [-0.2, 0) is 11.8 Å². The zero-order valence-electron chi connectivity index (χ0n) is 18.0. The molecule has 2 aromatic heterocycles. The van der Waals surface area contributed by atoms with Gasteiger partial charge in [0.2, 0.25) is 0 Å². The van der Waals surface area contributed by atoms with Crippen molar-refractivity contribution in [3.8, 4) is 6.07 Å². The quantitative estimate of drug-likeness (QED) is 0.719. The summed E-state index contributed by atoms with van der Waals surface area (Å²) in [6, 6.07) is 7.14. The number of fused-ring (bicyclic) bond motifs is 2. The summed E-state index contributed by atoms with van der Waals surface area (Å²) in [4.78, 5) is 33.6. The number of aryl methyl sites for hydroxylation is 1. The van der Waals surface area contributed by atoms with Crippen molar-refractivity contribution in [1.82, 2.24) is 14.5 Å². The van der Waals surface area contributed by atoms with Crippen LogP contribution in [0, 0.1) is 23.2 Å². The molecule has 4 rings (SSSR count). The first-order valence-corrected chi connectivity index (χ1v) is 10.2. The molecule has 158 valence electrons. The van der Waals surface area contributed by atoms with Crippen molar-refractivity contribution in [3.63, 3.8) is 0 Å². The zero-order valence-corrected chi connectivity index (χ0v) is 18.0. The van der Waals surface area contributed by atoms with Gasteiger partial charge in [0, 0.05) is 50.6 Å². The maximum atomic E-state index is 12.6. The maximum absolute atomic E-state index is 12.6. The van der Waals surface area contributed by atoms with E-state index in [2.05, 4.69) is 22.9 Å². The molecule has 0 aromatic carbocycles. The standard InChI is InChI=1S/C22H27N5O3/c1-13-16-12-26(10-14(16)11-27(13)21(29)30-22(2,3)4)18-8-19(28)25(5)17-7-6-15(9-23)24-20(17)18/h6-8,13-14,16H,10-12H2,1-5H3/t13-,14+,16-/m1/s1. The molecule has 4 heterocycles. The fraction of sp³-hybridized carbons (Fsp3) is 0.545. The van der Waals surface area contributed by atoms with Crippen LogP contribution in [0.25, 0.3) is 11.0 Å². The second kappa shape index (κ2) is 7.01. The summed E-state index contributed by atoms with van der Waals surface area (Å²) >= 11 is 0. The minimum atomic E-state index is -0.520. The van der Waals surface area contributed by atoms with E-state index in [1.165, 1.54) is 0 Å². The monoisotopic (exact) mass is 409 g/mol. The van der Waals surface area contributed by atoms with E-state index in [9.17, 15) is 14.9 Å². The molecule has 0 N–H and O–H groups in total. The molecule has 0 spiro atoms. The molecule has 2 saturated heterocycles. The first-order chi connectivity index (χ1) is 14.1. The minimum Gasteiger partial charge on any atom is -0.444 e. The number of aromatic nitrogens is 2. The Kier molecular flexibility index (Phi) is 4.72. The van der Waals surface area contributed by atoms with E-state index in [4.69, 9.17) is 4.74 Å². The third-order valence-corrected chi connectivity index (χ3v) is 6.19. The molecule has 30 heavy (non-hydrogen) atoms. The van der Waals surface area contributed by atoms with Crippen molar-refractivity contribution in [2.75, 3.05) is 24.5 Å². The summed E-state index contributed by atoms with van der Waals surface area (Å²) in [6.07, 6.45) is -0.268. The SMILES string of the molecule is C[C@@H]1[C@H]2CN(c3cc(=O)n(C)c4ccc(C#N)nc34)C[C@H]2CN1C(=O)OC(C)(C)C. The van der Waals surface area contributed by atoms with Crippen molar-refractivity contribution >= 4 is 22.8 Å². The van der Waals surface area contributed by atoms with Gasteiger partial charge in [0.05, 0.1) is 11.2 Å². The first-order valence-electron chi connectivity index (χ1n) is 10.2. The van der Waals surface area contributed by atoms with Gasteiger partial charge in [-0.1, -0.05) is 0 Å². The number of hydrogen-bond acceptors (Lipinski definition) is 6. The highest BCUT2D eigenvalue weighted by Crippen LogP contribution is 2.39. The van der Waals surface area contributed by atoms with E-state index < -0.39 is 5.60 Å². The lowest BCUT2D eigenvalue weighted by Crippen LogP contribution is -2.42. The Bertz CT molecular complexity index is 1110. The van der Waals surface area contributed by atoms with Gasteiger partial charge in [0.1, 0.15) is 22.9 Å². The highest BCUT2D eigenvalue weighted by Gasteiger charge is 2.48. The lowest BCUT2D eigenvalue weighted by molar-refractivity contribution is 0.0219. The lowest BCUT2D eigenvalue weighted by atomic mass is 9.95. The highest BCUT2D eigenvalue weighted by atomic mass is 16.6. The molecule has 8 heteroatoms. The second-order valence-corrected chi connectivity index (χ2v) is 9.31. The van der Waals surface area contributed by atoms with Gasteiger partial charge in [0.25, 0.3) is 5.56 Å². The molecule has 2 aliphatic rings. The fourth-order valence-electron chi connectivity index (χ4n) is 4.66. The van der Waals surface area contributed by atoms with Gasteiger partial charge in [-0.2, -0.15) is 5.26 Å². The van der Waals surface area contributed by atoms with Crippen LogP contribution in [0.1, 0.15) is 33.4 Å². The van der Waals surface area contributed by atoms with Crippen LogP contribution >= 0.6 is 0 Å². The normalized spacial score (nSPS) is 23.5. The number of amides is 1. The smallest absolute Gasteiger partial charge is 0.410 e. The van der Waals surface area contributed by atoms with E-state index in [1.807, 2.05) is 25.7 Å². The highest BCUT2D eigenvalue weighted by molar-refractivity contribution is 5.89. The van der Waals surface area contributed by atoms with Crippen LogP contribution in [0.3, 0.4) is 0 Å². The van der Waals surface area contributed by atoms with Crippen molar-refractivity contribution in [2.24, 2.45) is 18.9 Å². The van der Waals surface area contributed by atoms with Crippen molar-refractivity contribution in [2.45, 2.75) is 39.3 Å². The van der Waals surface area contributed by atoms with E-state index in [0.29, 0.717) is 29.2 Å². The third kappa shape index (κ3) is 3.38. The van der Waals surface area contributed by atoms with Crippen molar-refractivity contribution in [1.29, 1.82) is 5.26 Å². The molecule has 2 fully saturated rings. The molecular weight excluding hydrogens is 382 g/mol. The average molecular weight is 409 g/mol. The molecule has 0 bridgehead atoms. The molecule has 0 radical (unpaired) electrons. The summed E-state index contributed by atoms with van der Waals surface area (Å²) in [5, 5.41) is 9.26. The topological polar surface area (TPSA) is 91.5 Å². The van der Waals surface area contributed by atoms with Gasteiger partial charge in [-0.05, 0) is 39.8 Å². The molecule has 2 aliphatic heterocycles. The Morgan fingerprint density at radius 2 is 2.00 bits per heavy atom. The maximum Gasteiger partial charge on any atom is 0.410 e. The fourth-order valence-corrected chi connectivity index (χ4v) is 4.66. The van der Waals surface area contributed by atoms with E-state index in [1.54, 1.807) is 29.8 Å². The molecule has 3 atom stereocenters. The van der Waals surface area contributed by atoms with Crippen molar-refractivity contribution < 1.29 is 9.53 Å². The number of nitrogens with zero attached hydrogens (tertiary/aromatic N) is 5. The zero-order chi connectivity index (χ0) is 21.8. The predicted octanol–water partition coefficient (Wildman–Crippen LogP) is 2.50. The van der Waals surface area contributed by atoms with Gasteiger partial charge in [-0.15, -0.1) is 0 Å². The number of ether oxygens (including phenoxy) is 1. The predicted molar refractivity (Wildman–Crippen MR) is 113 cm³/mol. The molecule has 0 saturated carbocycles. The molecule has 8 nitrogen and oxygen atoms in total. The molecular formula is C22H27N5O3. The number of likely N-dealkylation sites (tertiary alicyclic amines) is 1. The number of carbonyl (C=O) groups excluding carboxylic acids is 1. The van der Waals surface area contributed by atoms with Crippen LogP contribution in [0.15, 0.2) is 23.0 Å². The Morgan fingerprint density at radius 1 is 1.27 bits per heavy atom. The third-order valence-electron chi connectivity index (χ3n) is 6.19. The number of nitriles is 1. The van der Waals surface area contributed by atoms with Crippen LogP contribution < -0.4 is 10.5 Å². The van der Waals surface area contributed by atoms with Gasteiger partial charge < -0.3 is 19.1 Å². The van der Waals surface area contributed by atoms with Gasteiger partial charge >= 0.3 is 6.09 Å². The van der Waals surface area contributed by atoms with E-state index in [0.717, 1.165) is 18.8 Å². The number of anilines is 1. The van der Waals surface area contributed by atoms with Gasteiger partial charge in [-0.25, -0.2) is 9.78 Å². The number of carbonyl (C=O) groups is 1. The summed E-state index contributed by atoms with van der Waals surface area (Å²) in [6.45, 7) is 9.78. The Hall–Kier alpha value is -3.08. The van der Waals surface area contributed by atoms with E-state index >= 15 is 0 Å². The summed E-state index contributed by atoms with van der Waals surface area (Å²) in [5.74, 6) is 0.585. The summed E-state index contributed by atoms with van der Waals surface area (Å²) in [5.41, 5.74) is 1.82. The summed E-state index contributed by atoms with van der Waals surface area (Å²) in [7, 11) is 1.71. The molecule has 0 unspecified atom stereocenters. The lowest BCUT2D eigenvalue weighted by Gasteiger charge is -2.30. The van der Waals surface area contributed by atoms with Crippen LogP contribution in [0.4, 0.5) is 10.5 Å². The average Bonchev–Trinajstić information content (AvgIpc) is 3.22. The van der Waals surface area contributed by atoms with Crippen molar-refractivity contribution in [3.05, 3.63) is 34.2 Å². The number of hydrogen-bond donors (Lipinski definition) is 0. The van der Waals surface area contributed by atoms with Crippen LogP contribution in [-0.4, -0.2) is 51.8 Å². The Balaban J connectivity index is 1.62. The molecule has 0 aliphatic carbocycles. The van der Waals surface area contributed by atoms with Crippen LogP contribution in [0.5, 0.6) is 0 Å². The van der Waals surface area contributed by atoms with Gasteiger partial charge in [-0.3, -0.25) is 4.79 Å².